The van der Waals surface area contributed by atoms with E-state index >= 15 is 0 Å². The quantitative estimate of drug-likeness (QED) is 0.801. The second-order valence-electron chi connectivity index (χ2n) is 6.69. The lowest BCUT2D eigenvalue weighted by Gasteiger charge is -2.36. The van der Waals surface area contributed by atoms with Crippen LogP contribution < -0.4 is 0 Å². The maximum absolute atomic E-state index is 12.9. The standard InChI is InChI=1S/C18H26FN3O3/c1-20(13-18(24)25)16-7-9-22(10-8-16)12-17(23)21(2)11-14-3-5-15(19)6-4-14/h3-6,16H,7-13H2,1-2H3,(H,24,25). The fourth-order valence-electron chi connectivity index (χ4n) is 3.12. The monoisotopic (exact) mass is 351 g/mol. The van der Waals surface area contributed by atoms with Gasteiger partial charge in [-0.25, -0.2) is 4.39 Å². The molecule has 25 heavy (non-hydrogen) atoms. The van der Waals surface area contributed by atoms with Crippen LogP contribution in [-0.4, -0.2) is 78.0 Å². The van der Waals surface area contributed by atoms with Crippen molar-refractivity contribution < 1.29 is 19.1 Å². The van der Waals surface area contributed by atoms with Gasteiger partial charge in [-0.2, -0.15) is 0 Å². The minimum atomic E-state index is -0.817. The van der Waals surface area contributed by atoms with Crippen LogP contribution >= 0.6 is 0 Å². The van der Waals surface area contributed by atoms with E-state index in [4.69, 9.17) is 5.11 Å². The largest absolute Gasteiger partial charge is 0.480 e. The van der Waals surface area contributed by atoms with E-state index in [1.165, 1.54) is 12.1 Å². The van der Waals surface area contributed by atoms with Gasteiger partial charge < -0.3 is 10.0 Å². The van der Waals surface area contributed by atoms with Gasteiger partial charge in [-0.1, -0.05) is 12.1 Å². The van der Waals surface area contributed by atoms with Gasteiger partial charge in [-0.15, -0.1) is 0 Å². The van der Waals surface area contributed by atoms with E-state index in [0.717, 1.165) is 31.5 Å². The highest BCUT2D eigenvalue weighted by Gasteiger charge is 2.25. The number of amides is 1. The second kappa shape index (κ2) is 8.92. The molecule has 0 unspecified atom stereocenters. The highest BCUT2D eigenvalue weighted by Crippen LogP contribution is 2.15. The van der Waals surface area contributed by atoms with Crippen molar-refractivity contribution in [3.63, 3.8) is 0 Å². The Balaban J connectivity index is 1.76. The zero-order chi connectivity index (χ0) is 18.4. The number of hydrogen-bond acceptors (Lipinski definition) is 4. The fraction of sp³-hybridized carbons (Fsp3) is 0.556. The van der Waals surface area contributed by atoms with Gasteiger partial charge >= 0.3 is 5.97 Å². The van der Waals surface area contributed by atoms with Crippen LogP contribution in [0.5, 0.6) is 0 Å². The third-order valence-electron chi connectivity index (χ3n) is 4.68. The smallest absolute Gasteiger partial charge is 0.317 e. The van der Waals surface area contributed by atoms with E-state index in [1.807, 2.05) is 11.9 Å². The molecule has 6 nitrogen and oxygen atoms in total. The third-order valence-corrected chi connectivity index (χ3v) is 4.68. The van der Waals surface area contributed by atoms with Crippen LogP contribution in [0.25, 0.3) is 0 Å². The van der Waals surface area contributed by atoms with Crippen LogP contribution in [0.4, 0.5) is 4.39 Å². The minimum Gasteiger partial charge on any atom is -0.480 e. The van der Waals surface area contributed by atoms with Gasteiger partial charge in [0.15, 0.2) is 0 Å². The lowest BCUT2D eigenvalue weighted by molar-refractivity contribution is -0.138. The molecule has 1 fully saturated rings. The Morgan fingerprint density at radius 1 is 1.20 bits per heavy atom. The molecule has 2 rings (SSSR count). The molecule has 1 aliphatic heterocycles. The molecule has 1 aromatic carbocycles. The molecule has 7 heteroatoms. The second-order valence-corrected chi connectivity index (χ2v) is 6.69. The Kier molecular flexibility index (Phi) is 6.90. The summed E-state index contributed by atoms with van der Waals surface area (Å²) >= 11 is 0. The summed E-state index contributed by atoms with van der Waals surface area (Å²) in [5, 5.41) is 8.86. The average Bonchev–Trinajstić information content (AvgIpc) is 2.57. The van der Waals surface area contributed by atoms with Crippen LogP contribution in [0.2, 0.25) is 0 Å². The van der Waals surface area contributed by atoms with E-state index in [9.17, 15) is 14.0 Å². The highest BCUT2D eigenvalue weighted by atomic mass is 19.1. The van der Waals surface area contributed by atoms with E-state index in [1.54, 1.807) is 24.1 Å². The summed E-state index contributed by atoms with van der Waals surface area (Å²) < 4.78 is 12.9. The number of likely N-dealkylation sites (N-methyl/N-ethyl adjacent to an activating group) is 2. The van der Waals surface area contributed by atoms with Crippen molar-refractivity contribution >= 4 is 11.9 Å². The summed E-state index contributed by atoms with van der Waals surface area (Å²) in [4.78, 5) is 28.8. The Labute approximate surface area is 147 Å². The molecule has 1 saturated heterocycles. The molecule has 1 N–H and O–H groups in total. The van der Waals surface area contributed by atoms with Crippen molar-refractivity contribution in [2.45, 2.75) is 25.4 Å². The Hall–Kier alpha value is -1.99. The zero-order valence-corrected chi connectivity index (χ0v) is 14.8. The first-order chi connectivity index (χ1) is 11.8. The Bertz CT molecular complexity index is 586. The summed E-state index contributed by atoms with van der Waals surface area (Å²) in [6.07, 6.45) is 1.72. The van der Waals surface area contributed by atoms with Gasteiger partial charge in [0.1, 0.15) is 5.82 Å². The molecule has 0 atom stereocenters. The molecule has 0 saturated carbocycles. The first-order valence-electron chi connectivity index (χ1n) is 8.48. The van der Waals surface area contributed by atoms with Crippen molar-refractivity contribution in [1.29, 1.82) is 0 Å². The zero-order valence-electron chi connectivity index (χ0n) is 14.8. The average molecular weight is 351 g/mol. The van der Waals surface area contributed by atoms with Crippen molar-refractivity contribution in [3.8, 4) is 0 Å². The number of nitrogens with zero attached hydrogens (tertiary/aromatic N) is 3. The summed E-state index contributed by atoms with van der Waals surface area (Å²) in [5.41, 5.74) is 0.895. The Morgan fingerprint density at radius 2 is 1.80 bits per heavy atom. The number of halogens is 1. The molecule has 0 aliphatic carbocycles. The number of piperidine rings is 1. The molecule has 1 aliphatic rings. The number of aliphatic carboxylic acids is 1. The normalized spacial score (nSPS) is 16.2. The molecular weight excluding hydrogens is 325 g/mol. The molecule has 0 spiro atoms. The highest BCUT2D eigenvalue weighted by molar-refractivity contribution is 5.78. The van der Waals surface area contributed by atoms with Crippen molar-refractivity contribution in [2.75, 3.05) is 40.3 Å². The van der Waals surface area contributed by atoms with Crippen molar-refractivity contribution in [3.05, 3.63) is 35.6 Å². The van der Waals surface area contributed by atoms with Crippen molar-refractivity contribution in [1.82, 2.24) is 14.7 Å². The summed E-state index contributed by atoms with van der Waals surface area (Å²) in [7, 11) is 3.58. The number of rotatable bonds is 7. The third kappa shape index (κ3) is 6.10. The first kappa shape index (κ1) is 19.3. The summed E-state index contributed by atoms with van der Waals surface area (Å²) in [6.45, 7) is 2.42. The molecule has 138 valence electrons. The maximum atomic E-state index is 12.9. The molecule has 1 heterocycles. The number of benzene rings is 1. The van der Waals surface area contributed by atoms with Crippen LogP contribution in [-0.2, 0) is 16.1 Å². The van der Waals surface area contributed by atoms with E-state index in [0.29, 0.717) is 13.1 Å². The van der Waals surface area contributed by atoms with Gasteiger partial charge in [0, 0.05) is 32.7 Å². The molecule has 0 aromatic heterocycles. The number of carboxylic acid groups (broad SMARTS) is 1. The van der Waals surface area contributed by atoms with Crippen LogP contribution in [0.1, 0.15) is 18.4 Å². The molecule has 1 amide bonds. The van der Waals surface area contributed by atoms with Gasteiger partial charge in [0.05, 0.1) is 13.1 Å². The van der Waals surface area contributed by atoms with Crippen LogP contribution in [0.15, 0.2) is 24.3 Å². The van der Waals surface area contributed by atoms with Crippen LogP contribution in [0.3, 0.4) is 0 Å². The number of carboxylic acids is 1. The maximum Gasteiger partial charge on any atom is 0.317 e. The van der Waals surface area contributed by atoms with E-state index < -0.39 is 5.97 Å². The molecule has 0 radical (unpaired) electrons. The van der Waals surface area contributed by atoms with Gasteiger partial charge in [0.25, 0.3) is 0 Å². The van der Waals surface area contributed by atoms with Gasteiger partial charge in [-0.05, 0) is 37.6 Å². The number of carbonyl (C=O) groups is 2. The predicted molar refractivity (Wildman–Crippen MR) is 92.6 cm³/mol. The number of carbonyl (C=O) groups excluding carboxylic acids is 1. The lowest BCUT2D eigenvalue weighted by atomic mass is 10.0. The first-order valence-corrected chi connectivity index (χ1v) is 8.48. The minimum absolute atomic E-state index is 0.0293. The molecule has 1 aromatic rings. The van der Waals surface area contributed by atoms with E-state index in [-0.39, 0.29) is 24.3 Å². The SMILES string of the molecule is CN(Cc1ccc(F)cc1)C(=O)CN1CCC(N(C)CC(=O)O)CC1. The van der Waals surface area contributed by atoms with Gasteiger partial charge in [-0.3, -0.25) is 19.4 Å². The lowest BCUT2D eigenvalue weighted by Crippen LogP contribution is -2.47. The summed E-state index contributed by atoms with van der Waals surface area (Å²) in [6, 6.07) is 6.41. The summed E-state index contributed by atoms with van der Waals surface area (Å²) in [5.74, 6) is -1.07. The topological polar surface area (TPSA) is 64.1 Å². The van der Waals surface area contributed by atoms with E-state index in [2.05, 4.69) is 4.90 Å². The predicted octanol–water partition coefficient (Wildman–Crippen LogP) is 1.26. The van der Waals surface area contributed by atoms with Crippen molar-refractivity contribution in [2.24, 2.45) is 0 Å². The molecule has 0 bridgehead atoms. The van der Waals surface area contributed by atoms with Crippen LogP contribution in [0, 0.1) is 5.82 Å². The van der Waals surface area contributed by atoms with Gasteiger partial charge in [0.2, 0.25) is 5.91 Å². The molecular formula is C18H26FN3O3. The Morgan fingerprint density at radius 3 is 2.36 bits per heavy atom. The number of likely N-dealkylation sites (tertiary alicyclic amines) is 1. The number of hydrogen-bond donors (Lipinski definition) is 1. The fourth-order valence-corrected chi connectivity index (χ4v) is 3.12.